The third-order valence-corrected chi connectivity index (χ3v) is 11.5. The number of likely N-dealkylation sites (tertiary alicyclic amines) is 1. The third-order valence-electron chi connectivity index (χ3n) is 8.95. The fourth-order valence-electron chi connectivity index (χ4n) is 6.51. The van der Waals surface area contributed by atoms with E-state index in [2.05, 4.69) is 72.3 Å². The summed E-state index contributed by atoms with van der Waals surface area (Å²) in [7, 11) is -2.33. The summed E-state index contributed by atoms with van der Waals surface area (Å²) in [6.07, 6.45) is -3.62. The Hall–Kier alpha value is -3.42. The fraction of sp³-hybridized carbons (Fsp3) is 0.484. The average Bonchev–Trinajstić information content (AvgIpc) is 3.54. The van der Waals surface area contributed by atoms with Crippen LogP contribution in [0.1, 0.15) is 41.5 Å². The van der Waals surface area contributed by atoms with Crippen LogP contribution in [0, 0.1) is 18.3 Å². The minimum Gasteiger partial charge on any atom is -0.368 e. The van der Waals surface area contributed by atoms with Gasteiger partial charge in [-0.05, 0) is 61.9 Å². The van der Waals surface area contributed by atoms with Gasteiger partial charge in [0.25, 0.3) is 0 Å². The van der Waals surface area contributed by atoms with Gasteiger partial charge < -0.3 is 15.6 Å². The molecule has 0 amide bonds. The van der Waals surface area contributed by atoms with Crippen LogP contribution in [0.2, 0.25) is 0 Å². The fourth-order valence-corrected chi connectivity index (χ4v) is 9.05. The van der Waals surface area contributed by atoms with Gasteiger partial charge in [-0.25, -0.2) is 9.71 Å². The summed E-state index contributed by atoms with van der Waals surface area (Å²) in [5.41, 5.74) is 9.86. The lowest BCUT2D eigenvalue weighted by molar-refractivity contribution is -0.126. The van der Waals surface area contributed by atoms with Gasteiger partial charge in [0, 0.05) is 76.8 Å². The normalized spacial score (nSPS) is 21.1. The van der Waals surface area contributed by atoms with E-state index in [0.717, 1.165) is 66.8 Å². The van der Waals surface area contributed by atoms with Crippen molar-refractivity contribution < 1.29 is 17.4 Å². The first-order chi connectivity index (χ1) is 21.8. The molecule has 15 heteroatoms. The highest BCUT2D eigenvalue weighted by Crippen LogP contribution is 2.34. The molecule has 2 atom stereocenters. The zero-order chi connectivity index (χ0) is 32.8. The lowest BCUT2D eigenvalue weighted by Gasteiger charge is -2.35. The van der Waals surface area contributed by atoms with Crippen molar-refractivity contribution in [3.63, 3.8) is 0 Å². The number of hydrogen-bond acceptors (Lipinski definition) is 9. The van der Waals surface area contributed by atoms with Gasteiger partial charge in [-0.1, -0.05) is 6.07 Å². The largest absolute Gasteiger partial charge is 0.393 e. The van der Waals surface area contributed by atoms with Gasteiger partial charge in [-0.15, -0.1) is 11.3 Å². The highest BCUT2D eigenvalue weighted by atomic mass is 32.2. The smallest absolute Gasteiger partial charge is 0.368 e. The summed E-state index contributed by atoms with van der Waals surface area (Å²) < 4.78 is 56.5. The molecular weight excluding hydrogens is 636 g/mol. The molecule has 5 heterocycles. The zero-order valence-corrected chi connectivity index (χ0v) is 27.5. The van der Waals surface area contributed by atoms with E-state index in [4.69, 9.17) is 5.73 Å². The van der Waals surface area contributed by atoms with E-state index in [1.807, 2.05) is 6.07 Å². The van der Waals surface area contributed by atoms with Crippen molar-refractivity contribution in [2.24, 2.45) is 0 Å². The molecular formula is C31H38F3N9OS2. The van der Waals surface area contributed by atoms with Gasteiger partial charge in [0.05, 0.1) is 17.7 Å². The van der Waals surface area contributed by atoms with Crippen LogP contribution in [0.3, 0.4) is 0 Å². The Bertz CT molecular complexity index is 1900. The SMILES string of the molecule is C=S1(=O)CN([C@@H](C)Cn2c(C#N)cc3c(C)c(CN4CCC(Nc5nc(N)nc6sc(CC(F)(F)F)cc56)CC4)ccc32)CCN1. The standard InChI is InChI=1S/C31H38F3N9OS2/c1-19(42-11-8-37-46(3,44)18-42)16-43-23(15-35)12-25-20(2)21(4-5-27(25)43)17-41-9-6-22(7-10-41)38-28-26-13-24(14-31(32,33)34)45-29(26)40-30(36)39-28/h4-5,12-13,19,22H,3,6-11,14,16-18H2,1-2H3,(H,37,44)(H3,36,38,39,40)/t19-,46?/m0/s1. The van der Waals surface area contributed by atoms with E-state index >= 15 is 0 Å². The minimum atomic E-state index is -4.30. The first-order valence-corrected chi connectivity index (χ1v) is 18.0. The van der Waals surface area contributed by atoms with E-state index in [0.29, 0.717) is 40.7 Å². The maximum absolute atomic E-state index is 13.0. The van der Waals surface area contributed by atoms with Crippen LogP contribution in [0.4, 0.5) is 24.9 Å². The van der Waals surface area contributed by atoms with Crippen molar-refractivity contribution in [1.82, 2.24) is 29.1 Å². The van der Waals surface area contributed by atoms with Gasteiger partial charge >= 0.3 is 6.18 Å². The van der Waals surface area contributed by atoms with E-state index in [-0.39, 0.29) is 22.9 Å². The summed E-state index contributed by atoms with van der Waals surface area (Å²) in [6.45, 7) is 8.66. The van der Waals surface area contributed by atoms with Crippen LogP contribution in [-0.4, -0.2) is 84.7 Å². The number of halogens is 3. The quantitative estimate of drug-likeness (QED) is 0.234. The van der Waals surface area contributed by atoms with Crippen LogP contribution in [0.15, 0.2) is 24.3 Å². The lowest BCUT2D eigenvalue weighted by atomic mass is 10.0. The second kappa shape index (κ2) is 12.6. The molecule has 2 aliphatic rings. The molecule has 4 aromatic rings. The van der Waals surface area contributed by atoms with Gasteiger partial charge in [0.1, 0.15) is 22.4 Å². The Morgan fingerprint density at radius 1 is 1.24 bits per heavy atom. The number of benzene rings is 1. The Morgan fingerprint density at radius 2 is 2.00 bits per heavy atom. The molecule has 6 rings (SSSR count). The Morgan fingerprint density at radius 3 is 2.70 bits per heavy atom. The molecule has 246 valence electrons. The molecule has 2 fully saturated rings. The summed E-state index contributed by atoms with van der Waals surface area (Å²) in [4.78, 5) is 13.7. The first-order valence-electron chi connectivity index (χ1n) is 15.3. The van der Waals surface area contributed by atoms with Crippen molar-refractivity contribution in [2.75, 3.05) is 43.1 Å². The molecule has 0 spiro atoms. The molecule has 1 unspecified atom stereocenters. The second-order valence-corrected chi connectivity index (χ2v) is 15.7. The first kappa shape index (κ1) is 32.5. The van der Waals surface area contributed by atoms with Crippen molar-refractivity contribution >= 4 is 59.8 Å². The van der Waals surface area contributed by atoms with Gasteiger partial charge in [-0.2, -0.15) is 23.4 Å². The van der Waals surface area contributed by atoms with Crippen molar-refractivity contribution in [3.05, 3.63) is 46.0 Å². The number of alkyl halides is 3. The van der Waals surface area contributed by atoms with Crippen molar-refractivity contribution in [3.8, 4) is 6.07 Å². The molecule has 1 aromatic carbocycles. The average molecular weight is 674 g/mol. The number of aryl methyl sites for hydroxylation is 1. The van der Waals surface area contributed by atoms with Gasteiger partial charge in [-0.3, -0.25) is 14.0 Å². The molecule has 0 bridgehead atoms. The number of piperidine rings is 1. The summed E-state index contributed by atoms with van der Waals surface area (Å²) >= 11 is 0.995. The molecule has 0 radical (unpaired) electrons. The van der Waals surface area contributed by atoms with Crippen LogP contribution >= 0.6 is 11.3 Å². The minimum absolute atomic E-state index is 0.0362. The highest BCUT2D eigenvalue weighted by molar-refractivity contribution is 7.98. The number of anilines is 2. The van der Waals surface area contributed by atoms with Crippen molar-refractivity contribution in [1.29, 1.82) is 5.26 Å². The number of nitrogens with one attached hydrogen (secondary N) is 2. The Kier molecular flexibility index (Phi) is 8.94. The number of nitrogen functional groups attached to an aromatic ring is 1. The number of nitrogens with zero attached hydrogens (tertiary/aromatic N) is 6. The molecule has 2 aliphatic heterocycles. The Labute approximate surface area is 270 Å². The van der Waals surface area contributed by atoms with Gasteiger partial charge in [0.2, 0.25) is 5.95 Å². The van der Waals surface area contributed by atoms with Crippen LogP contribution in [0.25, 0.3) is 21.1 Å². The molecule has 4 N–H and O–H groups in total. The summed E-state index contributed by atoms with van der Waals surface area (Å²) in [6, 6.07) is 10.3. The predicted molar refractivity (Wildman–Crippen MR) is 179 cm³/mol. The number of thiophene rings is 1. The van der Waals surface area contributed by atoms with E-state index in [1.54, 1.807) is 0 Å². The van der Waals surface area contributed by atoms with Gasteiger partial charge in [0.15, 0.2) is 0 Å². The molecule has 3 aromatic heterocycles. The predicted octanol–water partition coefficient (Wildman–Crippen LogP) is 4.47. The number of nitrogens with two attached hydrogens (primary N) is 1. The number of hydrogen-bond donors (Lipinski definition) is 3. The van der Waals surface area contributed by atoms with Crippen LogP contribution in [-0.2, 0) is 29.2 Å². The molecule has 0 aliphatic carbocycles. The summed E-state index contributed by atoms with van der Waals surface area (Å²) in [5, 5.41) is 15.0. The highest BCUT2D eigenvalue weighted by Gasteiger charge is 2.30. The van der Waals surface area contributed by atoms with E-state index in [9.17, 15) is 22.6 Å². The van der Waals surface area contributed by atoms with Crippen LogP contribution in [0.5, 0.6) is 0 Å². The molecule has 10 nitrogen and oxygen atoms in total. The number of fused-ring (bicyclic) bond motifs is 2. The molecule has 2 saturated heterocycles. The molecule has 46 heavy (non-hydrogen) atoms. The van der Waals surface area contributed by atoms with Crippen molar-refractivity contribution in [2.45, 2.75) is 64.5 Å². The number of aromatic nitrogens is 3. The molecule has 0 saturated carbocycles. The topological polar surface area (TPSA) is 128 Å². The van der Waals surface area contributed by atoms with Crippen LogP contribution < -0.4 is 15.8 Å². The summed E-state index contributed by atoms with van der Waals surface area (Å²) in [5.74, 6) is 4.73. The second-order valence-electron chi connectivity index (χ2n) is 12.4. The number of rotatable bonds is 8. The van der Waals surface area contributed by atoms with E-state index < -0.39 is 22.3 Å². The zero-order valence-electron chi connectivity index (χ0n) is 25.9. The monoisotopic (exact) mass is 673 g/mol. The third kappa shape index (κ3) is 7.11. The van der Waals surface area contributed by atoms with E-state index in [1.165, 1.54) is 11.6 Å². The maximum atomic E-state index is 13.0. The lowest BCUT2D eigenvalue weighted by Crippen LogP contribution is -2.51. The Balaban J connectivity index is 1.12. The number of nitriles is 1. The maximum Gasteiger partial charge on any atom is 0.393 e.